The van der Waals surface area contributed by atoms with Gasteiger partial charge in [0.25, 0.3) is 0 Å². The summed E-state index contributed by atoms with van der Waals surface area (Å²) in [6.07, 6.45) is -4.05. The van der Waals surface area contributed by atoms with Gasteiger partial charge in [0.15, 0.2) is 0 Å². The van der Waals surface area contributed by atoms with Gasteiger partial charge in [0.05, 0.1) is 18.1 Å². The van der Waals surface area contributed by atoms with Crippen molar-refractivity contribution in [1.29, 1.82) is 0 Å². The molecule has 0 radical (unpaired) electrons. The van der Waals surface area contributed by atoms with Gasteiger partial charge in [-0.25, -0.2) is 4.79 Å². The molecule has 7 heteroatoms. The van der Waals surface area contributed by atoms with E-state index in [0.29, 0.717) is 12.0 Å². The summed E-state index contributed by atoms with van der Waals surface area (Å²) in [5.41, 5.74) is 6.30. The van der Waals surface area contributed by atoms with Crippen LogP contribution in [0.25, 0.3) is 0 Å². The average molecular weight is 293 g/mol. The Bertz CT molecular complexity index is 496. The van der Waals surface area contributed by atoms with E-state index in [4.69, 9.17) is 10.5 Å². The van der Waals surface area contributed by atoms with Gasteiger partial charge in [-0.2, -0.15) is 13.2 Å². The van der Waals surface area contributed by atoms with E-state index >= 15 is 0 Å². The second-order valence-corrected chi connectivity index (χ2v) is 5.58. The number of thiophene rings is 1. The number of aryl methyl sites for hydroxylation is 1. The van der Waals surface area contributed by atoms with Crippen LogP contribution in [0.2, 0.25) is 0 Å². The van der Waals surface area contributed by atoms with Gasteiger partial charge in [-0.05, 0) is 31.7 Å². The molecule has 1 atom stereocenters. The number of fused-ring (bicyclic) bond motifs is 1. The molecular formula is C12H14F3NO2S. The third-order valence-electron chi connectivity index (χ3n) is 3.23. The lowest BCUT2D eigenvalue weighted by Crippen LogP contribution is -2.29. The third-order valence-corrected chi connectivity index (χ3v) is 4.35. The molecule has 1 aliphatic rings. The molecule has 0 bridgehead atoms. The minimum Gasteiger partial charge on any atom is -0.462 e. The van der Waals surface area contributed by atoms with Crippen LogP contribution in [-0.2, 0) is 17.6 Å². The second-order valence-electron chi connectivity index (χ2n) is 4.44. The number of nitrogens with two attached hydrogens (primary N) is 1. The summed E-state index contributed by atoms with van der Waals surface area (Å²) < 4.78 is 43.2. The highest BCUT2D eigenvalue weighted by Crippen LogP contribution is 2.43. The smallest absolute Gasteiger partial charge is 0.392 e. The highest BCUT2D eigenvalue weighted by Gasteiger charge is 2.43. The van der Waals surface area contributed by atoms with Gasteiger partial charge >= 0.3 is 12.1 Å². The SMILES string of the molecule is CCOC(=O)c1c(N)sc2c1CC(C(F)(F)F)CC2. The average Bonchev–Trinajstić information content (AvgIpc) is 2.62. The third kappa shape index (κ3) is 2.70. The number of esters is 1. The number of nitrogen functional groups attached to an aromatic ring is 1. The van der Waals surface area contributed by atoms with Crippen LogP contribution < -0.4 is 5.73 Å². The first-order valence-electron chi connectivity index (χ1n) is 5.98. The van der Waals surface area contributed by atoms with Crippen molar-refractivity contribution >= 4 is 22.3 Å². The fourth-order valence-electron chi connectivity index (χ4n) is 2.31. The Balaban J connectivity index is 2.34. The van der Waals surface area contributed by atoms with Crippen molar-refractivity contribution in [1.82, 2.24) is 0 Å². The maximum absolute atomic E-state index is 12.8. The summed E-state index contributed by atoms with van der Waals surface area (Å²) >= 11 is 1.19. The maximum atomic E-state index is 12.8. The van der Waals surface area contributed by atoms with Gasteiger partial charge in [-0.15, -0.1) is 11.3 Å². The summed E-state index contributed by atoms with van der Waals surface area (Å²) in [5, 5.41) is 0.256. The highest BCUT2D eigenvalue weighted by atomic mass is 32.1. The van der Waals surface area contributed by atoms with E-state index in [1.807, 2.05) is 0 Å². The molecule has 2 rings (SSSR count). The second kappa shape index (κ2) is 5.03. The topological polar surface area (TPSA) is 52.3 Å². The van der Waals surface area contributed by atoms with Crippen LogP contribution >= 0.6 is 11.3 Å². The number of carbonyl (C=O) groups excluding carboxylic acids is 1. The summed E-state index contributed by atoms with van der Waals surface area (Å²) in [7, 11) is 0. The number of ether oxygens (including phenoxy) is 1. The molecular weight excluding hydrogens is 279 g/mol. The van der Waals surface area contributed by atoms with Crippen molar-refractivity contribution in [2.45, 2.75) is 32.4 Å². The van der Waals surface area contributed by atoms with Crippen LogP contribution in [0.4, 0.5) is 18.2 Å². The van der Waals surface area contributed by atoms with Crippen LogP contribution in [0.15, 0.2) is 0 Å². The Morgan fingerprint density at radius 1 is 1.53 bits per heavy atom. The molecule has 1 aromatic heterocycles. The summed E-state index contributed by atoms with van der Waals surface area (Å²) in [6, 6.07) is 0. The number of anilines is 1. The molecule has 0 aromatic carbocycles. The monoisotopic (exact) mass is 293 g/mol. The molecule has 106 valence electrons. The van der Waals surface area contributed by atoms with E-state index in [9.17, 15) is 18.0 Å². The molecule has 1 aromatic rings. The minimum atomic E-state index is -4.24. The number of halogens is 3. The lowest BCUT2D eigenvalue weighted by Gasteiger charge is -2.24. The molecule has 19 heavy (non-hydrogen) atoms. The van der Waals surface area contributed by atoms with Crippen LogP contribution in [0.1, 0.15) is 34.1 Å². The normalized spacial score (nSPS) is 19.1. The molecule has 2 N–H and O–H groups in total. The Morgan fingerprint density at radius 2 is 2.21 bits per heavy atom. The standard InChI is InChI=1S/C12H14F3NO2S/c1-2-18-11(17)9-7-5-6(12(13,14)15)3-4-8(7)19-10(9)16/h6H,2-5,16H2,1H3. The summed E-state index contributed by atoms with van der Waals surface area (Å²) in [4.78, 5) is 12.6. The van der Waals surface area contributed by atoms with Crippen molar-refractivity contribution in [3.8, 4) is 0 Å². The highest BCUT2D eigenvalue weighted by molar-refractivity contribution is 7.16. The number of hydrogen-bond acceptors (Lipinski definition) is 4. The zero-order chi connectivity index (χ0) is 14.2. The van der Waals surface area contributed by atoms with Crippen LogP contribution in [0.3, 0.4) is 0 Å². The van der Waals surface area contributed by atoms with Gasteiger partial charge in [0.1, 0.15) is 5.00 Å². The lowest BCUT2D eigenvalue weighted by molar-refractivity contribution is -0.177. The van der Waals surface area contributed by atoms with Gasteiger partial charge in [0, 0.05) is 4.88 Å². The van der Waals surface area contributed by atoms with E-state index in [2.05, 4.69) is 0 Å². The molecule has 0 fully saturated rings. The molecule has 0 saturated heterocycles. The number of hydrogen-bond donors (Lipinski definition) is 1. The van der Waals surface area contributed by atoms with E-state index in [-0.39, 0.29) is 30.0 Å². The Labute approximate surface area is 112 Å². The van der Waals surface area contributed by atoms with Gasteiger partial charge in [-0.1, -0.05) is 0 Å². The Hall–Kier alpha value is -1.24. The number of rotatable bonds is 2. The molecule has 3 nitrogen and oxygen atoms in total. The zero-order valence-corrected chi connectivity index (χ0v) is 11.2. The first-order chi connectivity index (χ1) is 8.84. The molecule has 0 aliphatic heterocycles. The first kappa shape index (κ1) is 14.2. The van der Waals surface area contributed by atoms with Crippen LogP contribution in [0.5, 0.6) is 0 Å². The van der Waals surface area contributed by atoms with Crippen LogP contribution in [-0.4, -0.2) is 18.8 Å². The molecule has 0 saturated carbocycles. The van der Waals surface area contributed by atoms with E-state index in [0.717, 1.165) is 4.88 Å². The quantitative estimate of drug-likeness (QED) is 0.852. The Kier molecular flexibility index (Phi) is 3.75. The van der Waals surface area contributed by atoms with E-state index < -0.39 is 18.1 Å². The molecule has 0 spiro atoms. The fourth-order valence-corrected chi connectivity index (χ4v) is 3.41. The first-order valence-corrected chi connectivity index (χ1v) is 6.80. The summed E-state index contributed by atoms with van der Waals surface area (Å²) in [6.45, 7) is 1.82. The van der Waals surface area contributed by atoms with Crippen molar-refractivity contribution in [2.75, 3.05) is 12.3 Å². The van der Waals surface area contributed by atoms with Crippen molar-refractivity contribution in [2.24, 2.45) is 5.92 Å². The number of alkyl halides is 3. The number of carbonyl (C=O) groups is 1. The fraction of sp³-hybridized carbons (Fsp3) is 0.583. The molecule has 0 amide bonds. The minimum absolute atomic E-state index is 0.0543. The van der Waals surface area contributed by atoms with E-state index in [1.54, 1.807) is 6.92 Å². The van der Waals surface area contributed by atoms with Crippen molar-refractivity contribution < 1.29 is 22.7 Å². The lowest BCUT2D eigenvalue weighted by atomic mass is 9.86. The molecule has 1 unspecified atom stereocenters. The van der Waals surface area contributed by atoms with Crippen molar-refractivity contribution in [3.63, 3.8) is 0 Å². The Morgan fingerprint density at radius 3 is 2.79 bits per heavy atom. The maximum Gasteiger partial charge on any atom is 0.392 e. The van der Waals surface area contributed by atoms with Crippen LogP contribution in [0, 0.1) is 5.92 Å². The molecule has 1 heterocycles. The largest absolute Gasteiger partial charge is 0.462 e. The van der Waals surface area contributed by atoms with Gasteiger partial charge in [0.2, 0.25) is 0 Å². The van der Waals surface area contributed by atoms with Crippen molar-refractivity contribution in [3.05, 3.63) is 16.0 Å². The van der Waals surface area contributed by atoms with E-state index in [1.165, 1.54) is 11.3 Å². The zero-order valence-electron chi connectivity index (χ0n) is 10.3. The van der Waals surface area contributed by atoms with Gasteiger partial charge in [-0.3, -0.25) is 0 Å². The predicted octanol–water partition coefficient (Wildman–Crippen LogP) is 3.17. The van der Waals surface area contributed by atoms with Gasteiger partial charge < -0.3 is 10.5 Å². The predicted molar refractivity (Wildman–Crippen MR) is 66.3 cm³/mol. The molecule has 1 aliphatic carbocycles. The summed E-state index contributed by atoms with van der Waals surface area (Å²) in [5.74, 6) is -2.03.